The molecule has 0 saturated carbocycles. The Kier molecular flexibility index (Phi) is 6.27. The number of hydrogen-bond donors (Lipinski definition) is 2. The SMILES string of the molecule is C[C@@H](NC(=O)N(NS(=O)(=O)c1ccccc1)c1ccc2c(c1)CN(C)C2)c1ccccc1. The zero-order valence-corrected chi connectivity index (χ0v) is 18.8. The third-order valence-electron chi connectivity index (χ3n) is 5.44. The summed E-state index contributed by atoms with van der Waals surface area (Å²) in [5, 5.41) is 3.96. The summed E-state index contributed by atoms with van der Waals surface area (Å²) in [6.45, 7) is 3.42. The second-order valence-electron chi connectivity index (χ2n) is 7.95. The van der Waals surface area contributed by atoms with Crippen molar-refractivity contribution in [1.29, 1.82) is 0 Å². The number of hydrazine groups is 1. The van der Waals surface area contributed by atoms with Crippen LogP contribution in [0.1, 0.15) is 29.7 Å². The molecular weight excluding hydrogens is 424 g/mol. The minimum Gasteiger partial charge on any atom is -0.330 e. The summed E-state index contributed by atoms with van der Waals surface area (Å²) in [6.07, 6.45) is 0. The van der Waals surface area contributed by atoms with Gasteiger partial charge in [-0.2, -0.15) is 0 Å². The molecule has 2 amide bonds. The molecule has 1 heterocycles. The lowest BCUT2D eigenvalue weighted by Gasteiger charge is -2.26. The lowest BCUT2D eigenvalue weighted by Crippen LogP contribution is -2.51. The average molecular weight is 451 g/mol. The molecule has 7 nitrogen and oxygen atoms in total. The number of rotatable bonds is 6. The van der Waals surface area contributed by atoms with Crippen LogP contribution in [0.25, 0.3) is 0 Å². The number of fused-ring (bicyclic) bond motifs is 1. The number of benzene rings is 3. The summed E-state index contributed by atoms with van der Waals surface area (Å²) in [5.74, 6) is 0. The maximum atomic E-state index is 13.3. The van der Waals surface area contributed by atoms with E-state index in [-0.39, 0.29) is 10.9 Å². The van der Waals surface area contributed by atoms with Gasteiger partial charge < -0.3 is 5.32 Å². The summed E-state index contributed by atoms with van der Waals surface area (Å²) in [5.41, 5.74) is 3.61. The van der Waals surface area contributed by atoms with Crippen molar-refractivity contribution in [3.05, 3.63) is 95.6 Å². The Balaban J connectivity index is 1.65. The molecule has 0 spiro atoms. The van der Waals surface area contributed by atoms with E-state index in [0.717, 1.165) is 29.2 Å². The van der Waals surface area contributed by atoms with E-state index in [1.165, 1.54) is 17.7 Å². The van der Waals surface area contributed by atoms with E-state index in [4.69, 9.17) is 0 Å². The summed E-state index contributed by atoms with van der Waals surface area (Å²) in [4.78, 5) is 18.0. The van der Waals surface area contributed by atoms with Crippen molar-refractivity contribution in [2.24, 2.45) is 0 Å². The lowest BCUT2D eigenvalue weighted by atomic mass is 10.1. The van der Waals surface area contributed by atoms with E-state index in [1.54, 1.807) is 24.3 Å². The highest BCUT2D eigenvalue weighted by Gasteiger charge is 2.26. The first-order valence-corrected chi connectivity index (χ1v) is 11.9. The molecule has 1 atom stereocenters. The van der Waals surface area contributed by atoms with Gasteiger partial charge in [-0.3, -0.25) is 4.90 Å². The van der Waals surface area contributed by atoms with Crippen LogP contribution in [0.3, 0.4) is 0 Å². The molecule has 0 saturated heterocycles. The summed E-state index contributed by atoms with van der Waals surface area (Å²) in [6, 6.07) is 22.2. The quantitative estimate of drug-likeness (QED) is 0.560. The van der Waals surface area contributed by atoms with Crippen LogP contribution in [-0.4, -0.2) is 26.4 Å². The topological polar surface area (TPSA) is 81.8 Å². The second kappa shape index (κ2) is 9.12. The first-order chi connectivity index (χ1) is 15.3. The Morgan fingerprint density at radius 1 is 0.938 bits per heavy atom. The van der Waals surface area contributed by atoms with E-state index in [9.17, 15) is 13.2 Å². The Morgan fingerprint density at radius 2 is 1.56 bits per heavy atom. The van der Waals surface area contributed by atoms with Gasteiger partial charge in [0.2, 0.25) is 0 Å². The van der Waals surface area contributed by atoms with Gasteiger partial charge in [-0.25, -0.2) is 18.2 Å². The van der Waals surface area contributed by atoms with E-state index < -0.39 is 16.1 Å². The number of nitrogens with one attached hydrogen (secondary N) is 2. The van der Waals surface area contributed by atoms with Crippen molar-refractivity contribution in [2.75, 3.05) is 12.1 Å². The number of carbonyl (C=O) groups is 1. The van der Waals surface area contributed by atoms with Gasteiger partial charge in [0.1, 0.15) is 0 Å². The van der Waals surface area contributed by atoms with Gasteiger partial charge >= 0.3 is 6.03 Å². The number of anilines is 1. The molecule has 0 aromatic heterocycles. The Hall–Kier alpha value is -3.20. The fourth-order valence-corrected chi connectivity index (χ4v) is 4.80. The molecule has 0 unspecified atom stereocenters. The third kappa shape index (κ3) is 4.83. The highest BCUT2D eigenvalue weighted by Crippen LogP contribution is 2.27. The van der Waals surface area contributed by atoms with Gasteiger partial charge in [0.25, 0.3) is 10.0 Å². The highest BCUT2D eigenvalue weighted by molar-refractivity contribution is 7.89. The van der Waals surface area contributed by atoms with Crippen LogP contribution in [0.2, 0.25) is 0 Å². The normalized spacial score (nSPS) is 14.6. The van der Waals surface area contributed by atoms with E-state index in [1.807, 2.05) is 56.4 Å². The van der Waals surface area contributed by atoms with Gasteiger partial charge in [-0.05, 0) is 54.9 Å². The molecule has 3 aromatic rings. The fraction of sp³-hybridized carbons (Fsp3) is 0.208. The third-order valence-corrected chi connectivity index (χ3v) is 6.75. The number of hydrogen-bond acceptors (Lipinski definition) is 4. The standard InChI is InChI=1S/C24H26N4O3S/c1-18(19-9-5-3-6-10-19)25-24(29)28(26-32(30,31)23-11-7-4-8-12-23)22-14-13-20-16-27(2)17-21(20)15-22/h3-15,18,26H,16-17H2,1-2H3,(H,25,29)/t18-/m1/s1. The summed E-state index contributed by atoms with van der Waals surface area (Å²) < 4.78 is 26.0. The smallest absolute Gasteiger partial charge is 0.330 e. The van der Waals surface area contributed by atoms with Crippen LogP contribution in [0.4, 0.5) is 10.5 Å². The Morgan fingerprint density at radius 3 is 2.25 bits per heavy atom. The molecule has 1 aliphatic heterocycles. The predicted octanol–water partition coefficient (Wildman–Crippen LogP) is 3.80. The van der Waals surface area contributed by atoms with Crippen LogP contribution < -0.4 is 15.2 Å². The van der Waals surface area contributed by atoms with Gasteiger partial charge in [0.15, 0.2) is 0 Å². The van der Waals surface area contributed by atoms with Crippen molar-refractivity contribution in [1.82, 2.24) is 15.0 Å². The molecule has 0 fully saturated rings. The Labute approximate surface area is 188 Å². The number of amides is 2. The van der Waals surface area contributed by atoms with Crippen LogP contribution in [-0.2, 0) is 23.1 Å². The zero-order valence-electron chi connectivity index (χ0n) is 18.0. The second-order valence-corrected chi connectivity index (χ2v) is 9.61. The minimum absolute atomic E-state index is 0.0785. The van der Waals surface area contributed by atoms with Crippen LogP contribution >= 0.6 is 0 Å². The molecular formula is C24H26N4O3S. The minimum atomic E-state index is -3.97. The molecule has 0 radical (unpaired) electrons. The van der Waals surface area contributed by atoms with Crippen molar-refractivity contribution in [3.63, 3.8) is 0 Å². The molecule has 8 heteroatoms. The van der Waals surface area contributed by atoms with Crippen LogP contribution in [0.15, 0.2) is 83.8 Å². The Bertz CT molecular complexity index is 1200. The van der Waals surface area contributed by atoms with Crippen LogP contribution in [0.5, 0.6) is 0 Å². The van der Waals surface area contributed by atoms with E-state index in [0.29, 0.717) is 5.69 Å². The number of sulfonamides is 1. The zero-order chi connectivity index (χ0) is 22.7. The average Bonchev–Trinajstić information content (AvgIpc) is 3.17. The van der Waals surface area contributed by atoms with Gasteiger partial charge in [-0.1, -0.05) is 54.6 Å². The van der Waals surface area contributed by atoms with E-state index >= 15 is 0 Å². The maximum absolute atomic E-state index is 13.3. The van der Waals surface area contributed by atoms with Gasteiger partial charge in [0.05, 0.1) is 16.6 Å². The largest absolute Gasteiger partial charge is 0.337 e. The highest BCUT2D eigenvalue weighted by atomic mass is 32.2. The van der Waals surface area contributed by atoms with Gasteiger partial charge in [-0.15, -0.1) is 4.83 Å². The molecule has 1 aliphatic rings. The predicted molar refractivity (Wildman–Crippen MR) is 124 cm³/mol. The van der Waals surface area contributed by atoms with Crippen LogP contribution in [0, 0.1) is 0 Å². The fourth-order valence-electron chi connectivity index (χ4n) is 3.75. The molecule has 4 rings (SSSR count). The number of nitrogens with zero attached hydrogens (tertiary/aromatic N) is 2. The monoisotopic (exact) mass is 450 g/mol. The van der Waals surface area contributed by atoms with Crippen molar-refractivity contribution in [2.45, 2.75) is 31.0 Å². The van der Waals surface area contributed by atoms with Crippen molar-refractivity contribution >= 4 is 21.7 Å². The lowest BCUT2D eigenvalue weighted by molar-refractivity contribution is 0.242. The maximum Gasteiger partial charge on any atom is 0.337 e. The van der Waals surface area contributed by atoms with Gasteiger partial charge in [0, 0.05) is 13.1 Å². The molecule has 3 aromatic carbocycles. The first-order valence-electron chi connectivity index (χ1n) is 10.4. The summed E-state index contributed by atoms with van der Waals surface area (Å²) in [7, 11) is -1.96. The number of carbonyl (C=O) groups excluding carboxylic acids is 1. The molecule has 32 heavy (non-hydrogen) atoms. The van der Waals surface area contributed by atoms with Crippen molar-refractivity contribution in [3.8, 4) is 0 Å². The van der Waals surface area contributed by atoms with Crippen molar-refractivity contribution < 1.29 is 13.2 Å². The van der Waals surface area contributed by atoms with E-state index in [2.05, 4.69) is 15.0 Å². The molecule has 0 bridgehead atoms. The summed E-state index contributed by atoms with van der Waals surface area (Å²) >= 11 is 0. The first kappa shape index (κ1) is 22.0. The number of urea groups is 1. The molecule has 166 valence electrons. The molecule has 0 aliphatic carbocycles. The molecule has 2 N–H and O–H groups in total.